The van der Waals surface area contributed by atoms with E-state index in [0.29, 0.717) is 0 Å². The van der Waals surface area contributed by atoms with Crippen LogP contribution in [0.1, 0.15) is 17.0 Å². The highest BCUT2D eigenvalue weighted by molar-refractivity contribution is 5.84. The number of aromatic hydroxyl groups is 1. The van der Waals surface area contributed by atoms with Crippen LogP contribution in [0.3, 0.4) is 0 Å². The number of benzene rings is 2. The van der Waals surface area contributed by atoms with E-state index >= 15 is 0 Å². The predicted octanol–water partition coefficient (Wildman–Crippen LogP) is 2.60. The second kappa shape index (κ2) is 6.88. The Kier molecular flexibility index (Phi) is 4.34. The molecule has 0 radical (unpaired) electrons. The molecule has 1 aliphatic heterocycles. The summed E-state index contributed by atoms with van der Waals surface area (Å²) in [5.41, 5.74) is -2.31. The van der Waals surface area contributed by atoms with Gasteiger partial charge in [0.1, 0.15) is 23.0 Å². The number of fused-ring (bicyclic) bond motifs is 2. The third-order valence-electron chi connectivity index (χ3n) is 4.77. The summed E-state index contributed by atoms with van der Waals surface area (Å²) in [7, 11) is 1.38. The van der Waals surface area contributed by atoms with Gasteiger partial charge in [-0.1, -0.05) is 12.1 Å². The van der Waals surface area contributed by atoms with E-state index in [2.05, 4.69) is 5.32 Å². The minimum atomic E-state index is -1.48. The van der Waals surface area contributed by atoms with Gasteiger partial charge in [0.2, 0.25) is 0 Å². The van der Waals surface area contributed by atoms with Gasteiger partial charge >= 0.3 is 11.3 Å². The number of hydrogen-bond donors (Lipinski definition) is 2. The Hall–Kier alpha value is -4.41. The van der Waals surface area contributed by atoms with Crippen molar-refractivity contribution in [3.8, 4) is 11.5 Å². The number of rotatable bonds is 4. The largest absolute Gasteiger partial charge is 0.507 e. The highest BCUT2D eigenvalue weighted by Crippen LogP contribution is 2.46. The minimum absolute atomic E-state index is 0.0206. The molecule has 0 aliphatic carbocycles. The van der Waals surface area contributed by atoms with Crippen molar-refractivity contribution in [3.63, 3.8) is 0 Å². The SMILES string of the molecule is CNC1=C([N+](=O)[O-])C(c2c(O)c3ccccc3oc2=O)c2cc([N+](=O)[O-])ccc2O1. The normalized spacial score (nSPS) is 15.4. The van der Waals surface area contributed by atoms with Crippen molar-refractivity contribution in [2.75, 3.05) is 7.05 Å². The molecule has 0 fully saturated rings. The Labute approximate surface area is 167 Å². The molecular formula is C19H13N3O8. The van der Waals surface area contributed by atoms with Crippen molar-refractivity contribution in [2.45, 2.75) is 5.92 Å². The zero-order chi connectivity index (χ0) is 21.6. The molecular weight excluding hydrogens is 398 g/mol. The number of hydrogen-bond acceptors (Lipinski definition) is 9. The Balaban J connectivity index is 2.11. The molecule has 3 aromatic rings. The van der Waals surface area contributed by atoms with Crippen LogP contribution in [0.15, 0.2) is 63.3 Å². The number of nitro groups is 2. The molecule has 0 spiro atoms. The van der Waals surface area contributed by atoms with Crippen LogP contribution in [-0.4, -0.2) is 22.0 Å². The lowest BCUT2D eigenvalue weighted by atomic mass is 9.86. The third-order valence-corrected chi connectivity index (χ3v) is 4.77. The molecule has 2 N–H and O–H groups in total. The molecule has 2 heterocycles. The van der Waals surface area contributed by atoms with Crippen molar-refractivity contribution >= 4 is 16.7 Å². The molecule has 1 aromatic heterocycles. The molecule has 11 nitrogen and oxygen atoms in total. The average molecular weight is 411 g/mol. The highest BCUT2D eigenvalue weighted by Gasteiger charge is 2.44. The van der Waals surface area contributed by atoms with E-state index < -0.39 is 38.4 Å². The van der Waals surface area contributed by atoms with Gasteiger partial charge in [-0.25, -0.2) is 4.79 Å². The van der Waals surface area contributed by atoms with Gasteiger partial charge in [-0.05, 0) is 18.2 Å². The van der Waals surface area contributed by atoms with Crippen molar-refractivity contribution in [2.24, 2.45) is 0 Å². The maximum absolute atomic E-state index is 12.8. The molecule has 0 saturated heterocycles. The van der Waals surface area contributed by atoms with E-state index in [0.717, 1.165) is 6.07 Å². The Morgan fingerprint density at radius 2 is 1.83 bits per heavy atom. The van der Waals surface area contributed by atoms with Gasteiger partial charge in [-0.15, -0.1) is 0 Å². The highest BCUT2D eigenvalue weighted by atomic mass is 16.6. The van der Waals surface area contributed by atoms with Crippen LogP contribution in [0.5, 0.6) is 11.5 Å². The second-order valence-electron chi connectivity index (χ2n) is 6.38. The lowest BCUT2D eigenvalue weighted by molar-refractivity contribution is -0.433. The number of nitro benzene ring substituents is 1. The zero-order valence-electron chi connectivity index (χ0n) is 15.3. The Morgan fingerprint density at radius 1 is 1.10 bits per heavy atom. The third kappa shape index (κ3) is 2.80. The first-order valence-electron chi connectivity index (χ1n) is 8.60. The van der Waals surface area contributed by atoms with Gasteiger partial charge in [0.15, 0.2) is 0 Å². The van der Waals surface area contributed by atoms with E-state index in [1.54, 1.807) is 12.1 Å². The summed E-state index contributed by atoms with van der Waals surface area (Å²) in [5, 5.41) is 36.7. The first-order chi connectivity index (χ1) is 14.3. The number of non-ortho nitro benzene ring substituents is 1. The maximum atomic E-state index is 12.8. The summed E-state index contributed by atoms with van der Waals surface area (Å²) in [6.07, 6.45) is 0. The van der Waals surface area contributed by atoms with Gasteiger partial charge in [0, 0.05) is 24.7 Å². The van der Waals surface area contributed by atoms with Gasteiger partial charge in [0.25, 0.3) is 11.6 Å². The Morgan fingerprint density at radius 3 is 2.50 bits per heavy atom. The summed E-state index contributed by atoms with van der Waals surface area (Å²) in [5.74, 6) is -2.20. The lowest BCUT2D eigenvalue weighted by Crippen LogP contribution is -2.30. The average Bonchev–Trinajstić information content (AvgIpc) is 2.72. The summed E-state index contributed by atoms with van der Waals surface area (Å²) < 4.78 is 10.8. The van der Waals surface area contributed by atoms with E-state index in [1.165, 1.54) is 31.3 Å². The minimum Gasteiger partial charge on any atom is -0.507 e. The van der Waals surface area contributed by atoms with Crippen molar-refractivity contribution < 1.29 is 24.1 Å². The van der Waals surface area contributed by atoms with Crippen molar-refractivity contribution in [1.82, 2.24) is 5.32 Å². The van der Waals surface area contributed by atoms with Crippen LogP contribution in [0.2, 0.25) is 0 Å². The summed E-state index contributed by atoms with van der Waals surface area (Å²) in [6, 6.07) is 9.66. The molecule has 4 rings (SSSR count). The Bertz CT molecular complexity index is 1310. The fraction of sp³-hybridized carbons (Fsp3) is 0.105. The van der Waals surface area contributed by atoms with Crippen LogP contribution in [0.25, 0.3) is 11.0 Å². The first kappa shape index (κ1) is 18.9. The number of para-hydroxylation sites is 1. The standard InChI is InChI=1S/C19H13N3O8/c1-20-18-16(22(27)28)14(11-8-9(21(25)26)6-7-13(11)29-18)15-17(23)10-4-2-3-5-12(10)30-19(15)24/h2-8,14,20,23H,1H3. The lowest BCUT2D eigenvalue weighted by Gasteiger charge is -2.25. The molecule has 2 aromatic carbocycles. The molecule has 0 bridgehead atoms. The molecule has 1 atom stereocenters. The number of allylic oxidation sites excluding steroid dienone is 1. The van der Waals surface area contributed by atoms with E-state index in [9.17, 15) is 30.1 Å². The molecule has 0 amide bonds. The monoisotopic (exact) mass is 411 g/mol. The molecule has 30 heavy (non-hydrogen) atoms. The fourth-order valence-corrected chi connectivity index (χ4v) is 3.47. The van der Waals surface area contributed by atoms with Crippen LogP contribution in [-0.2, 0) is 0 Å². The van der Waals surface area contributed by atoms with Gasteiger partial charge in [-0.3, -0.25) is 20.2 Å². The first-order valence-corrected chi connectivity index (χ1v) is 8.60. The molecule has 152 valence electrons. The van der Waals surface area contributed by atoms with Crippen LogP contribution < -0.4 is 15.7 Å². The smallest absolute Gasteiger partial charge is 0.344 e. The fourth-order valence-electron chi connectivity index (χ4n) is 3.47. The zero-order valence-corrected chi connectivity index (χ0v) is 15.3. The number of ether oxygens (including phenoxy) is 1. The van der Waals surface area contributed by atoms with Crippen LogP contribution in [0.4, 0.5) is 5.69 Å². The van der Waals surface area contributed by atoms with Gasteiger partial charge in [-0.2, -0.15) is 0 Å². The van der Waals surface area contributed by atoms with E-state index in [-0.39, 0.29) is 33.9 Å². The van der Waals surface area contributed by atoms with Crippen molar-refractivity contribution in [1.29, 1.82) is 0 Å². The molecule has 1 unspecified atom stereocenters. The maximum Gasteiger partial charge on any atom is 0.344 e. The van der Waals surface area contributed by atoms with Gasteiger partial charge < -0.3 is 19.6 Å². The van der Waals surface area contributed by atoms with E-state index in [1.807, 2.05) is 0 Å². The van der Waals surface area contributed by atoms with Gasteiger partial charge in [0.05, 0.1) is 20.8 Å². The molecule has 11 heteroatoms. The van der Waals surface area contributed by atoms with E-state index in [4.69, 9.17) is 9.15 Å². The number of nitrogens with one attached hydrogen (secondary N) is 1. The number of nitrogens with zero attached hydrogens (tertiary/aromatic N) is 2. The summed E-state index contributed by atoms with van der Waals surface area (Å²) >= 11 is 0. The summed E-state index contributed by atoms with van der Waals surface area (Å²) in [4.78, 5) is 34.5. The second-order valence-corrected chi connectivity index (χ2v) is 6.38. The van der Waals surface area contributed by atoms with Crippen LogP contribution >= 0.6 is 0 Å². The van der Waals surface area contributed by atoms with Crippen LogP contribution in [0, 0.1) is 20.2 Å². The summed E-state index contributed by atoms with van der Waals surface area (Å²) in [6.45, 7) is 0. The van der Waals surface area contributed by atoms with Crippen molar-refractivity contribution in [3.05, 3.63) is 95.8 Å². The topological polar surface area (TPSA) is 158 Å². The predicted molar refractivity (Wildman–Crippen MR) is 103 cm³/mol. The quantitative estimate of drug-likeness (QED) is 0.374. The molecule has 0 saturated carbocycles. The molecule has 1 aliphatic rings.